The molecular weight excluding hydrogens is 318 g/mol. The normalized spacial score (nSPS) is 22.3. The third-order valence-electron chi connectivity index (χ3n) is 4.44. The van der Waals surface area contributed by atoms with Gasteiger partial charge in [0.05, 0.1) is 5.56 Å². The van der Waals surface area contributed by atoms with Crippen LogP contribution in [0.1, 0.15) is 34.1 Å². The highest BCUT2D eigenvalue weighted by Crippen LogP contribution is 2.31. The van der Waals surface area contributed by atoms with E-state index in [0.29, 0.717) is 0 Å². The Morgan fingerprint density at radius 1 is 1.43 bits per heavy atom. The van der Waals surface area contributed by atoms with E-state index in [2.05, 4.69) is 5.32 Å². The zero-order valence-electron chi connectivity index (χ0n) is 13.1. The number of rotatable bonds is 3. The van der Waals surface area contributed by atoms with E-state index in [1.54, 1.807) is 18.9 Å². The van der Waals surface area contributed by atoms with Crippen LogP contribution in [0.2, 0.25) is 0 Å². The van der Waals surface area contributed by atoms with E-state index in [9.17, 15) is 18.0 Å². The van der Waals surface area contributed by atoms with Crippen molar-refractivity contribution in [3.63, 3.8) is 0 Å². The molecule has 1 aromatic carbocycles. The summed E-state index contributed by atoms with van der Waals surface area (Å²) in [6.45, 7) is 3.27. The van der Waals surface area contributed by atoms with Crippen molar-refractivity contribution in [3.05, 3.63) is 29.3 Å². The lowest BCUT2D eigenvalue weighted by Gasteiger charge is -2.23. The van der Waals surface area contributed by atoms with Gasteiger partial charge in [-0.05, 0) is 38.1 Å². The third-order valence-corrected chi connectivity index (χ3v) is 6.34. The fourth-order valence-corrected chi connectivity index (χ4v) is 4.66. The van der Waals surface area contributed by atoms with Crippen molar-refractivity contribution in [2.24, 2.45) is 0 Å². The number of sulfonamides is 1. The van der Waals surface area contributed by atoms with Gasteiger partial charge in [0.2, 0.25) is 0 Å². The Kier molecular flexibility index (Phi) is 3.89. The van der Waals surface area contributed by atoms with Gasteiger partial charge in [0, 0.05) is 31.7 Å². The standard InChI is InChI=1S/C15H19N3O4S/c1-3-18-15(20)12-5-4-10(8-13(12)23(18,21)22)14(19)17(2)11-6-7-16-9-11/h4-5,8,11,16H,3,6-7,9H2,1-2H3. The van der Waals surface area contributed by atoms with Crippen molar-refractivity contribution in [3.8, 4) is 0 Å². The number of hydrogen-bond acceptors (Lipinski definition) is 5. The molecule has 0 aliphatic carbocycles. The van der Waals surface area contributed by atoms with Gasteiger partial charge in [-0.25, -0.2) is 12.7 Å². The van der Waals surface area contributed by atoms with Gasteiger partial charge >= 0.3 is 0 Å². The molecule has 1 N–H and O–H groups in total. The molecule has 1 atom stereocenters. The number of amides is 2. The maximum atomic E-state index is 12.6. The van der Waals surface area contributed by atoms with E-state index in [1.165, 1.54) is 18.2 Å². The number of benzene rings is 1. The summed E-state index contributed by atoms with van der Waals surface area (Å²) in [4.78, 5) is 26.2. The molecule has 0 radical (unpaired) electrons. The second-order valence-corrected chi connectivity index (χ2v) is 7.58. The van der Waals surface area contributed by atoms with E-state index in [0.717, 1.165) is 23.8 Å². The molecule has 2 aliphatic rings. The Bertz CT molecular complexity index is 769. The minimum atomic E-state index is -3.85. The number of nitrogens with one attached hydrogen (secondary N) is 1. The van der Waals surface area contributed by atoms with Crippen molar-refractivity contribution in [1.82, 2.24) is 14.5 Å². The molecule has 2 heterocycles. The minimum absolute atomic E-state index is 0.0758. The Hall–Kier alpha value is -1.93. The average molecular weight is 337 g/mol. The van der Waals surface area contributed by atoms with Crippen LogP contribution in [0.15, 0.2) is 23.1 Å². The zero-order valence-corrected chi connectivity index (χ0v) is 13.9. The van der Waals surface area contributed by atoms with Crippen molar-refractivity contribution in [1.29, 1.82) is 0 Å². The third kappa shape index (κ3) is 2.42. The predicted octanol–water partition coefficient (Wildman–Crippen LogP) is 0.285. The van der Waals surface area contributed by atoms with Crippen molar-refractivity contribution in [2.45, 2.75) is 24.3 Å². The van der Waals surface area contributed by atoms with E-state index >= 15 is 0 Å². The lowest BCUT2D eigenvalue weighted by Crippen LogP contribution is -2.38. The number of likely N-dealkylation sites (N-methyl/N-ethyl adjacent to an activating group) is 1. The summed E-state index contributed by atoms with van der Waals surface area (Å²) < 4.78 is 25.6. The molecule has 8 heteroatoms. The molecule has 1 saturated heterocycles. The van der Waals surface area contributed by atoms with Crippen LogP contribution in [0.3, 0.4) is 0 Å². The van der Waals surface area contributed by atoms with Crippen LogP contribution in [-0.2, 0) is 10.0 Å². The van der Waals surface area contributed by atoms with Crippen molar-refractivity contribution in [2.75, 3.05) is 26.7 Å². The molecule has 0 saturated carbocycles. The van der Waals surface area contributed by atoms with Crippen molar-refractivity contribution < 1.29 is 18.0 Å². The minimum Gasteiger partial charge on any atom is -0.337 e. The molecular formula is C15H19N3O4S. The molecule has 2 aliphatic heterocycles. The van der Waals surface area contributed by atoms with Crippen LogP contribution in [-0.4, -0.2) is 62.2 Å². The SMILES string of the molecule is CCN1C(=O)c2ccc(C(=O)N(C)C3CCNC3)cc2S1(=O)=O. The Morgan fingerprint density at radius 3 is 2.78 bits per heavy atom. The van der Waals surface area contributed by atoms with Crippen LogP contribution in [0.4, 0.5) is 0 Å². The first-order chi connectivity index (χ1) is 10.9. The highest BCUT2D eigenvalue weighted by Gasteiger charge is 2.40. The molecule has 124 valence electrons. The maximum absolute atomic E-state index is 12.6. The molecule has 1 fully saturated rings. The summed E-state index contributed by atoms with van der Waals surface area (Å²) in [5, 5.41) is 3.19. The van der Waals surface area contributed by atoms with Gasteiger partial charge in [-0.2, -0.15) is 0 Å². The Labute approximate surface area is 135 Å². The molecule has 3 rings (SSSR count). The van der Waals surface area contributed by atoms with Gasteiger partial charge in [0.15, 0.2) is 0 Å². The molecule has 7 nitrogen and oxygen atoms in total. The van der Waals surface area contributed by atoms with E-state index < -0.39 is 15.9 Å². The van der Waals surface area contributed by atoms with Gasteiger partial charge in [0.25, 0.3) is 21.8 Å². The molecule has 23 heavy (non-hydrogen) atoms. The molecule has 0 spiro atoms. The smallest absolute Gasteiger partial charge is 0.268 e. The predicted molar refractivity (Wildman–Crippen MR) is 83.7 cm³/mol. The maximum Gasteiger partial charge on any atom is 0.268 e. The highest BCUT2D eigenvalue weighted by atomic mass is 32.2. The van der Waals surface area contributed by atoms with Gasteiger partial charge in [-0.3, -0.25) is 9.59 Å². The van der Waals surface area contributed by atoms with Gasteiger partial charge in [0.1, 0.15) is 4.90 Å². The molecule has 1 aromatic rings. The Morgan fingerprint density at radius 2 is 2.17 bits per heavy atom. The summed E-state index contributed by atoms with van der Waals surface area (Å²) in [5.41, 5.74) is 0.418. The quantitative estimate of drug-likeness (QED) is 0.856. The number of carbonyl (C=O) groups excluding carboxylic acids is 2. The largest absolute Gasteiger partial charge is 0.337 e. The van der Waals surface area contributed by atoms with E-state index in [4.69, 9.17) is 0 Å². The van der Waals surface area contributed by atoms with E-state index in [1.807, 2.05) is 0 Å². The van der Waals surface area contributed by atoms with Gasteiger partial charge < -0.3 is 10.2 Å². The monoisotopic (exact) mass is 337 g/mol. The summed E-state index contributed by atoms with van der Waals surface area (Å²) in [6, 6.07) is 4.37. The molecule has 0 bridgehead atoms. The fraction of sp³-hybridized carbons (Fsp3) is 0.467. The Balaban J connectivity index is 1.96. The topological polar surface area (TPSA) is 86.8 Å². The van der Waals surface area contributed by atoms with Gasteiger partial charge in [-0.1, -0.05) is 0 Å². The highest BCUT2D eigenvalue weighted by molar-refractivity contribution is 7.90. The van der Waals surface area contributed by atoms with Crippen LogP contribution in [0.5, 0.6) is 0 Å². The fourth-order valence-electron chi connectivity index (χ4n) is 3.06. The van der Waals surface area contributed by atoms with Crippen molar-refractivity contribution >= 4 is 21.8 Å². The number of fused-ring (bicyclic) bond motifs is 1. The first-order valence-corrected chi connectivity index (χ1v) is 9.01. The second kappa shape index (κ2) is 5.61. The second-order valence-electron chi connectivity index (χ2n) is 5.75. The first-order valence-electron chi connectivity index (χ1n) is 7.57. The number of nitrogens with zero attached hydrogens (tertiary/aromatic N) is 2. The summed E-state index contributed by atoms with van der Waals surface area (Å²) in [7, 11) is -2.13. The van der Waals surface area contributed by atoms with Gasteiger partial charge in [-0.15, -0.1) is 0 Å². The lowest BCUT2D eigenvalue weighted by molar-refractivity contribution is 0.0742. The summed E-state index contributed by atoms with van der Waals surface area (Å²) in [6.07, 6.45) is 0.869. The number of hydrogen-bond donors (Lipinski definition) is 1. The number of carbonyl (C=O) groups is 2. The lowest BCUT2D eigenvalue weighted by atomic mass is 10.1. The first kappa shape index (κ1) is 15.9. The average Bonchev–Trinajstić information content (AvgIpc) is 3.12. The molecule has 2 amide bonds. The van der Waals surface area contributed by atoms with Crippen LogP contribution >= 0.6 is 0 Å². The summed E-state index contributed by atoms with van der Waals surface area (Å²) in [5.74, 6) is -0.769. The zero-order chi connectivity index (χ0) is 16.8. The van der Waals surface area contributed by atoms with Crippen LogP contribution in [0, 0.1) is 0 Å². The van der Waals surface area contributed by atoms with Crippen LogP contribution < -0.4 is 5.32 Å². The molecule has 1 unspecified atom stereocenters. The summed E-state index contributed by atoms with van der Waals surface area (Å²) >= 11 is 0. The van der Waals surface area contributed by atoms with E-state index in [-0.39, 0.29) is 34.5 Å². The van der Waals surface area contributed by atoms with Crippen LogP contribution in [0.25, 0.3) is 0 Å². The molecule has 0 aromatic heterocycles.